The van der Waals surface area contributed by atoms with Gasteiger partial charge in [0.2, 0.25) is 0 Å². The summed E-state index contributed by atoms with van der Waals surface area (Å²) in [5.74, 6) is 0.642. The highest BCUT2D eigenvalue weighted by molar-refractivity contribution is 5.09. The van der Waals surface area contributed by atoms with Gasteiger partial charge in [-0.15, -0.1) is 0 Å². The Bertz CT molecular complexity index is 347. The van der Waals surface area contributed by atoms with E-state index in [1.807, 2.05) is 17.9 Å². The lowest BCUT2D eigenvalue weighted by molar-refractivity contribution is 0.252. The first-order valence-electron chi connectivity index (χ1n) is 6.65. The number of aryl methyl sites for hydroxylation is 1. The summed E-state index contributed by atoms with van der Waals surface area (Å²) in [6.07, 6.45) is 9.21. The molecule has 96 valence electrons. The third-order valence-electron chi connectivity index (χ3n) is 3.90. The average molecular weight is 236 g/mol. The van der Waals surface area contributed by atoms with Crippen LogP contribution >= 0.6 is 0 Å². The molecule has 4 nitrogen and oxygen atoms in total. The van der Waals surface area contributed by atoms with Crippen molar-refractivity contribution in [3.63, 3.8) is 0 Å². The molecule has 4 heteroatoms. The van der Waals surface area contributed by atoms with Gasteiger partial charge >= 0.3 is 0 Å². The van der Waals surface area contributed by atoms with Crippen molar-refractivity contribution >= 4 is 0 Å². The van der Waals surface area contributed by atoms with Crippen molar-refractivity contribution < 1.29 is 0 Å². The normalized spacial score (nSPS) is 27.0. The van der Waals surface area contributed by atoms with Crippen molar-refractivity contribution in [1.29, 1.82) is 0 Å². The topological polar surface area (TPSA) is 55.9 Å². The van der Waals surface area contributed by atoms with Crippen LogP contribution in [0.4, 0.5) is 0 Å². The van der Waals surface area contributed by atoms with E-state index in [1.165, 1.54) is 31.2 Å². The molecule has 2 rings (SSSR count). The monoisotopic (exact) mass is 236 g/mol. The van der Waals surface area contributed by atoms with E-state index in [0.717, 1.165) is 6.54 Å². The predicted molar refractivity (Wildman–Crippen MR) is 69.6 cm³/mol. The molecule has 1 fully saturated rings. The number of nitrogens with one attached hydrogen (secondary N) is 1. The van der Waals surface area contributed by atoms with Gasteiger partial charge in [0.05, 0.1) is 6.20 Å². The number of nitrogens with zero attached hydrogens (tertiary/aromatic N) is 2. The molecular formula is C13H24N4. The summed E-state index contributed by atoms with van der Waals surface area (Å²) in [4.78, 5) is 0. The van der Waals surface area contributed by atoms with E-state index < -0.39 is 0 Å². The van der Waals surface area contributed by atoms with Gasteiger partial charge in [-0.25, -0.2) is 0 Å². The van der Waals surface area contributed by atoms with Gasteiger partial charge in [-0.1, -0.05) is 12.8 Å². The number of nitrogens with two attached hydrogens (primary N) is 1. The Morgan fingerprint density at radius 2 is 2.29 bits per heavy atom. The second-order valence-electron chi connectivity index (χ2n) is 5.22. The molecule has 1 aromatic heterocycles. The zero-order valence-electron chi connectivity index (χ0n) is 10.9. The lowest BCUT2D eigenvalue weighted by Gasteiger charge is -2.33. The molecule has 0 spiro atoms. The van der Waals surface area contributed by atoms with Crippen LogP contribution < -0.4 is 11.1 Å². The van der Waals surface area contributed by atoms with E-state index in [4.69, 9.17) is 5.73 Å². The van der Waals surface area contributed by atoms with Crippen LogP contribution in [-0.4, -0.2) is 22.4 Å². The summed E-state index contributed by atoms with van der Waals surface area (Å²) in [7, 11) is 1.96. The second kappa shape index (κ2) is 5.65. The van der Waals surface area contributed by atoms with E-state index in [-0.39, 0.29) is 0 Å². The summed E-state index contributed by atoms with van der Waals surface area (Å²) in [5.41, 5.74) is 7.11. The molecule has 3 unspecified atom stereocenters. The number of hydrogen-bond donors (Lipinski definition) is 2. The first-order chi connectivity index (χ1) is 8.20. The molecule has 0 aromatic carbocycles. The summed E-state index contributed by atoms with van der Waals surface area (Å²) >= 11 is 0. The first kappa shape index (κ1) is 12.6. The average Bonchev–Trinajstić information content (AvgIpc) is 2.77. The Morgan fingerprint density at radius 3 is 2.94 bits per heavy atom. The number of hydrogen-bond acceptors (Lipinski definition) is 3. The molecule has 3 N–H and O–H groups in total. The summed E-state index contributed by atoms with van der Waals surface area (Å²) in [5, 5.41) is 7.94. The Balaban J connectivity index is 1.94. The minimum absolute atomic E-state index is 0.362. The van der Waals surface area contributed by atoms with Crippen molar-refractivity contribution in [1.82, 2.24) is 15.1 Å². The van der Waals surface area contributed by atoms with E-state index in [2.05, 4.69) is 23.5 Å². The van der Waals surface area contributed by atoms with Gasteiger partial charge in [-0.3, -0.25) is 4.68 Å². The highest BCUT2D eigenvalue weighted by Gasteiger charge is 2.25. The molecule has 1 aliphatic rings. The SMILES string of the molecule is CC(NC1CCCCC1CN)c1cnn(C)c1. The molecule has 1 saturated carbocycles. The minimum Gasteiger partial charge on any atom is -0.330 e. The Morgan fingerprint density at radius 1 is 1.53 bits per heavy atom. The quantitative estimate of drug-likeness (QED) is 0.834. The van der Waals surface area contributed by atoms with Crippen molar-refractivity contribution in [3.8, 4) is 0 Å². The van der Waals surface area contributed by atoms with E-state index in [0.29, 0.717) is 18.0 Å². The van der Waals surface area contributed by atoms with Gasteiger partial charge in [-0.05, 0) is 32.2 Å². The van der Waals surface area contributed by atoms with Crippen molar-refractivity contribution in [2.24, 2.45) is 18.7 Å². The zero-order chi connectivity index (χ0) is 12.3. The van der Waals surface area contributed by atoms with E-state index in [1.54, 1.807) is 0 Å². The van der Waals surface area contributed by atoms with Crippen LogP contribution in [0.1, 0.15) is 44.2 Å². The molecule has 1 aromatic rings. The Hall–Kier alpha value is -0.870. The fourth-order valence-corrected chi connectivity index (χ4v) is 2.79. The lowest BCUT2D eigenvalue weighted by Crippen LogP contribution is -2.42. The van der Waals surface area contributed by atoms with Gasteiger partial charge < -0.3 is 11.1 Å². The first-order valence-corrected chi connectivity index (χ1v) is 6.65. The fraction of sp³-hybridized carbons (Fsp3) is 0.769. The van der Waals surface area contributed by atoms with Crippen LogP contribution in [0, 0.1) is 5.92 Å². The maximum absolute atomic E-state index is 5.86. The fourth-order valence-electron chi connectivity index (χ4n) is 2.79. The summed E-state index contributed by atoms with van der Waals surface area (Å²) < 4.78 is 1.86. The van der Waals surface area contributed by atoms with E-state index >= 15 is 0 Å². The third kappa shape index (κ3) is 3.07. The Labute approximate surface area is 104 Å². The number of aromatic nitrogens is 2. The molecule has 17 heavy (non-hydrogen) atoms. The van der Waals surface area contributed by atoms with Gasteiger partial charge in [0.25, 0.3) is 0 Å². The van der Waals surface area contributed by atoms with Gasteiger partial charge in [-0.2, -0.15) is 5.10 Å². The molecular weight excluding hydrogens is 212 g/mol. The lowest BCUT2D eigenvalue weighted by atomic mass is 9.84. The van der Waals surface area contributed by atoms with Crippen LogP contribution in [0.25, 0.3) is 0 Å². The van der Waals surface area contributed by atoms with Crippen LogP contribution in [-0.2, 0) is 7.05 Å². The van der Waals surface area contributed by atoms with Crippen molar-refractivity contribution in [2.45, 2.75) is 44.7 Å². The molecule has 0 radical (unpaired) electrons. The van der Waals surface area contributed by atoms with Crippen molar-refractivity contribution in [3.05, 3.63) is 18.0 Å². The number of rotatable bonds is 4. The van der Waals surface area contributed by atoms with Crippen LogP contribution in [0.15, 0.2) is 12.4 Å². The van der Waals surface area contributed by atoms with E-state index in [9.17, 15) is 0 Å². The molecule has 1 aliphatic carbocycles. The summed E-state index contributed by atoms with van der Waals surface area (Å²) in [6, 6.07) is 0.935. The zero-order valence-corrected chi connectivity index (χ0v) is 10.9. The Kier molecular flexibility index (Phi) is 4.18. The maximum atomic E-state index is 5.86. The third-order valence-corrected chi connectivity index (χ3v) is 3.90. The molecule has 3 atom stereocenters. The maximum Gasteiger partial charge on any atom is 0.0537 e. The van der Waals surface area contributed by atoms with Gasteiger partial charge in [0.15, 0.2) is 0 Å². The van der Waals surface area contributed by atoms with Crippen LogP contribution in [0.3, 0.4) is 0 Å². The molecule has 0 saturated heterocycles. The largest absolute Gasteiger partial charge is 0.330 e. The molecule has 0 bridgehead atoms. The minimum atomic E-state index is 0.362. The van der Waals surface area contributed by atoms with Crippen LogP contribution in [0.2, 0.25) is 0 Å². The van der Waals surface area contributed by atoms with Crippen LogP contribution in [0.5, 0.6) is 0 Å². The predicted octanol–water partition coefficient (Wildman–Crippen LogP) is 1.59. The standard InChI is InChI=1S/C13H24N4/c1-10(12-8-15-17(2)9-12)16-13-6-4-3-5-11(13)7-14/h8-11,13,16H,3-7,14H2,1-2H3. The van der Waals surface area contributed by atoms with Crippen molar-refractivity contribution in [2.75, 3.05) is 6.54 Å². The smallest absolute Gasteiger partial charge is 0.0537 e. The highest BCUT2D eigenvalue weighted by atomic mass is 15.2. The molecule has 0 aliphatic heterocycles. The molecule has 0 amide bonds. The van der Waals surface area contributed by atoms with Gasteiger partial charge in [0.1, 0.15) is 0 Å². The molecule has 1 heterocycles. The summed E-state index contributed by atoms with van der Waals surface area (Å²) in [6.45, 7) is 3.01. The highest BCUT2D eigenvalue weighted by Crippen LogP contribution is 2.25. The van der Waals surface area contributed by atoms with Gasteiger partial charge in [0, 0.05) is 30.9 Å². The second-order valence-corrected chi connectivity index (χ2v) is 5.22.